The van der Waals surface area contributed by atoms with Crippen molar-refractivity contribution in [2.24, 2.45) is 0 Å². The summed E-state index contributed by atoms with van der Waals surface area (Å²) in [6.45, 7) is 4.13. The monoisotopic (exact) mass is 170 g/mol. The maximum absolute atomic E-state index is 5.84. The summed E-state index contributed by atoms with van der Waals surface area (Å²) < 4.78 is 0. The number of nitrogens with zero attached hydrogens (tertiary/aromatic N) is 1. The lowest BCUT2D eigenvalue weighted by Gasteiger charge is -2.10. The molecule has 0 radical (unpaired) electrons. The molecule has 0 aliphatic rings. The highest BCUT2D eigenvalue weighted by Gasteiger charge is 1.98. The van der Waals surface area contributed by atoms with Crippen LogP contribution in [0.4, 0.5) is 5.69 Å². The Balaban J connectivity index is 2.78. The van der Waals surface area contributed by atoms with Gasteiger partial charge in [-0.15, -0.1) is 0 Å². The highest BCUT2D eigenvalue weighted by atomic mass is 35.5. The van der Waals surface area contributed by atoms with Gasteiger partial charge in [-0.3, -0.25) is 4.98 Å². The van der Waals surface area contributed by atoms with Gasteiger partial charge in [0.05, 0.1) is 10.7 Å². The van der Waals surface area contributed by atoms with Crippen molar-refractivity contribution in [3.63, 3.8) is 0 Å². The molecular weight excluding hydrogens is 160 g/mol. The van der Waals surface area contributed by atoms with E-state index >= 15 is 0 Å². The van der Waals surface area contributed by atoms with Crippen molar-refractivity contribution in [3.05, 3.63) is 23.5 Å². The number of halogens is 1. The summed E-state index contributed by atoms with van der Waals surface area (Å²) in [5.41, 5.74) is 0.941. The van der Waals surface area contributed by atoms with E-state index in [4.69, 9.17) is 11.6 Å². The molecule has 0 saturated carbocycles. The van der Waals surface area contributed by atoms with E-state index in [0.29, 0.717) is 11.1 Å². The summed E-state index contributed by atoms with van der Waals surface area (Å²) in [7, 11) is 0. The number of hydrogen-bond donors (Lipinski definition) is 1. The molecule has 60 valence electrons. The maximum atomic E-state index is 5.84. The second-order valence-electron chi connectivity index (χ2n) is 2.65. The van der Waals surface area contributed by atoms with E-state index in [1.165, 1.54) is 0 Å². The Morgan fingerprint density at radius 2 is 2.27 bits per heavy atom. The van der Waals surface area contributed by atoms with E-state index in [9.17, 15) is 0 Å². The van der Waals surface area contributed by atoms with Crippen LogP contribution in [0.1, 0.15) is 13.8 Å². The minimum absolute atomic E-state index is 0.398. The molecule has 0 amide bonds. The Labute approximate surface area is 71.6 Å². The Hall–Kier alpha value is -0.760. The van der Waals surface area contributed by atoms with Crippen LogP contribution in [-0.4, -0.2) is 11.0 Å². The molecule has 1 aromatic rings. The average Bonchev–Trinajstić information content (AvgIpc) is 1.93. The van der Waals surface area contributed by atoms with Crippen molar-refractivity contribution in [2.75, 3.05) is 5.32 Å². The van der Waals surface area contributed by atoms with Crippen molar-refractivity contribution in [3.8, 4) is 0 Å². The molecule has 1 rings (SSSR count). The van der Waals surface area contributed by atoms with Gasteiger partial charge in [-0.25, -0.2) is 0 Å². The number of pyridine rings is 1. The quantitative estimate of drug-likeness (QED) is 0.738. The standard InChI is InChI=1S/C8H11ClN2/c1-6(2)11-8-3-4-10-5-7(8)9/h3-6H,1-2H3,(H,10,11). The van der Waals surface area contributed by atoms with Crippen molar-refractivity contribution in [1.29, 1.82) is 0 Å². The van der Waals surface area contributed by atoms with Gasteiger partial charge in [0.15, 0.2) is 0 Å². The van der Waals surface area contributed by atoms with Gasteiger partial charge in [0.2, 0.25) is 0 Å². The fourth-order valence-corrected chi connectivity index (χ4v) is 0.977. The maximum Gasteiger partial charge on any atom is 0.0820 e. The van der Waals surface area contributed by atoms with E-state index in [2.05, 4.69) is 24.1 Å². The Morgan fingerprint density at radius 3 is 2.82 bits per heavy atom. The normalized spacial score (nSPS) is 10.2. The zero-order valence-corrected chi connectivity index (χ0v) is 7.39. The van der Waals surface area contributed by atoms with Gasteiger partial charge in [0, 0.05) is 18.4 Å². The molecule has 0 saturated heterocycles. The van der Waals surface area contributed by atoms with Gasteiger partial charge in [-0.1, -0.05) is 11.6 Å². The van der Waals surface area contributed by atoms with E-state index in [-0.39, 0.29) is 0 Å². The molecule has 1 aromatic heterocycles. The summed E-state index contributed by atoms with van der Waals surface area (Å²) in [4.78, 5) is 3.88. The van der Waals surface area contributed by atoms with E-state index < -0.39 is 0 Å². The van der Waals surface area contributed by atoms with Crippen LogP contribution in [0.25, 0.3) is 0 Å². The van der Waals surface area contributed by atoms with Crippen LogP contribution >= 0.6 is 11.6 Å². The fourth-order valence-electron chi connectivity index (χ4n) is 0.803. The van der Waals surface area contributed by atoms with Crippen molar-refractivity contribution in [1.82, 2.24) is 4.98 Å². The minimum atomic E-state index is 0.398. The van der Waals surface area contributed by atoms with Crippen molar-refractivity contribution < 1.29 is 0 Å². The highest BCUT2D eigenvalue weighted by Crippen LogP contribution is 2.19. The Kier molecular flexibility index (Phi) is 2.71. The zero-order chi connectivity index (χ0) is 8.27. The van der Waals surface area contributed by atoms with Gasteiger partial charge in [-0.2, -0.15) is 0 Å². The molecule has 0 bridgehead atoms. The predicted octanol–water partition coefficient (Wildman–Crippen LogP) is 2.56. The number of hydrogen-bond acceptors (Lipinski definition) is 2. The third-order valence-electron chi connectivity index (χ3n) is 1.22. The molecule has 3 heteroatoms. The first-order valence-electron chi connectivity index (χ1n) is 3.56. The predicted molar refractivity (Wildman–Crippen MR) is 48.0 cm³/mol. The lowest BCUT2D eigenvalue weighted by Crippen LogP contribution is -2.09. The second kappa shape index (κ2) is 3.58. The van der Waals surface area contributed by atoms with Crippen LogP contribution in [0, 0.1) is 0 Å². The SMILES string of the molecule is CC(C)Nc1ccncc1Cl. The zero-order valence-electron chi connectivity index (χ0n) is 6.63. The Morgan fingerprint density at radius 1 is 1.55 bits per heavy atom. The first kappa shape index (κ1) is 8.34. The molecule has 2 nitrogen and oxygen atoms in total. The lowest BCUT2D eigenvalue weighted by atomic mass is 10.3. The average molecular weight is 171 g/mol. The minimum Gasteiger partial charge on any atom is -0.382 e. The molecule has 0 aliphatic heterocycles. The first-order valence-corrected chi connectivity index (χ1v) is 3.94. The number of anilines is 1. The van der Waals surface area contributed by atoms with Crippen LogP contribution in [-0.2, 0) is 0 Å². The van der Waals surface area contributed by atoms with Gasteiger partial charge >= 0.3 is 0 Å². The van der Waals surface area contributed by atoms with Gasteiger partial charge in [0.1, 0.15) is 0 Å². The van der Waals surface area contributed by atoms with Crippen LogP contribution < -0.4 is 5.32 Å². The van der Waals surface area contributed by atoms with Crippen molar-refractivity contribution in [2.45, 2.75) is 19.9 Å². The van der Waals surface area contributed by atoms with E-state index in [1.54, 1.807) is 12.4 Å². The van der Waals surface area contributed by atoms with E-state index in [1.807, 2.05) is 6.07 Å². The molecule has 0 unspecified atom stereocenters. The molecular formula is C8H11ClN2. The second-order valence-corrected chi connectivity index (χ2v) is 3.06. The highest BCUT2D eigenvalue weighted by molar-refractivity contribution is 6.33. The Bertz CT molecular complexity index is 235. The molecule has 0 spiro atoms. The summed E-state index contributed by atoms with van der Waals surface area (Å²) in [6, 6.07) is 2.26. The van der Waals surface area contributed by atoms with E-state index in [0.717, 1.165) is 5.69 Å². The number of rotatable bonds is 2. The van der Waals surface area contributed by atoms with Crippen molar-refractivity contribution >= 4 is 17.3 Å². The summed E-state index contributed by atoms with van der Waals surface area (Å²) >= 11 is 5.84. The molecule has 1 N–H and O–H groups in total. The van der Waals surface area contributed by atoms with Gasteiger partial charge < -0.3 is 5.32 Å². The third kappa shape index (κ3) is 2.39. The van der Waals surface area contributed by atoms with Crippen LogP contribution in [0.3, 0.4) is 0 Å². The number of aromatic nitrogens is 1. The lowest BCUT2D eigenvalue weighted by molar-refractivity contribution is 0.899. The smallest absolute Gasteiger partial charge is 0.0820 e. The summed E-state index contributed by atoms with van der Waals surface area (Å²) in [6.07, 6.45) is 3.35. The largest absolute Gasteiger partial charge is 0.382 e. The number of nitrogens with one attached hydrogen (secondary N) is 1. The van der Waals surface area contributed by atoms with Gasteiger partial charge in [0.25, 0.3) is 0 Å². The molecule has 0 atom stereocenters. The molecule has 0 aromatic carbocycles. The van der Waals surface area contributed by atoms with Crippen LogP contribution in [0.2, 0.25) is 5.02 Å². The summed E-state index contributed by atoms with van der Waals surface area (Å²) in [5, 5.41) is 3.87. The summed E-state index contributed by atoms with van der Waals surface area (Å²) in [5.74, 6) is 0. The topological polar surface area (TPSA) is 24.9 Å². The molecule has 0 aliphatic carbocycles. The first-order chi connectivity index (χ1) is 5.20. The van der Waals surface area contributed by atoms with Gasteiger partial charge in [-0.05, 0) is 19.9 Å². The molecule has 11 heavy (non-hydrogen) atoms. The fraction of sp³-hybridized carbons (Fsp3) is 0.375. The molecule has 0 fully saturated rings. The van der Waals surface area contributed by atoms with Crippen LogP contribution in [0.15, 0.2) is 18.5 Å². The van der Waals surface area contributed by atoms with Crippen LogP contribution in [0.5, 0.6) is 0 Å². The molecule has 1 heterocycles. The third-order valence-corrected chi connectivity index (χ3v) is 1.52.